The second-order valence-electron chi connectivity index (χ2n) is 2.81. The minimum absolute atomic E-state index is 0. The molecular formula is C6H16ClNS2. The van der Waals surface area contributed by atoms with Crippen LogP contribution in [0.5, 0.6) is 0 Å². The Balaban J connectivity index is 0. The first-order chi connectivity index (χ1) is 4.06. The van der Waals surface area contributed by atoms with Crippen LogP contribution in [-0.4, -0.2) is 17.0 Å². The topological polar surface area (TPSA) is 26.0 Å². The molecule has 0 aliphatic carbocycles. The Morgan fingerprint density at radius 3 is 2.10 bits per heavy atom. The first-order valence-electron chi connectivity index (χ1n) is 3.07. The average Bonchev–Trinajstić information content (AvgIpc) is 1.63. The molecule has 0 radical (unpaired) electrons. The summed E-state index contributed by atoms with van der Waals surface area (Å²) in [4.78, 5) is 0. The third-order valence-corrected chi connectivity index (χ3v) is 3.88. The molecule has 0 aliphatic heterocycles. The van der Waals surface area contributed by atoms with E-state index in [9.17, 15) is 0 Å². The molecule has 0 bridgehead atoms. The largest absolute Gasteiger partial charge is 0.330 e. The number of hydrogen-bond acceptors (Lipinski definition) is 3. The Labute approximate surface area is 77.7 Å². The first-order valence-corrected chi connectivity index (χ1v) is 5.39. The summed E-state index contributed by atoms with van der Waals surface area (Å²) < 4.78 is 0.375. The molecule has 0 unspecified atom stereocenters. The molecule has 0 aromatic heterocycles. The minimum Gasteiger partial charge on any atom is -0.330 e. The van der Waals surface area contributed by atoms with Crippen LogP contribution in [0.3, 0.4) is 0 Å². The maximum Gasteiger partial charge on any atom is 0.0179 e. The lowest BCUT2D eigenvalue weighted by molar-refractivity contribution is 0.810. The van der Waals surface area contributed by atoms with Crippen LogP contribution in [0.2, 0.25) is 0 Å². The van der Waals surface area contributed by atoms with Gasteiger partial charge in [0, 0.05) is 17.0 Å². The molecule has 10 heavy (non-hydrogen) atoms. The molecule has 2 N–H and O–H groups in total. The van der Waals surface area contributed by atoms with Crippen LogP contribution in [0.25, 0.3) is 0 Å². The second-order valence-corrected chi connectivity index (χ2v) is 6.05. The molecule has 0 aromatic rings. The SMILES string of the molecule is CC(C)(C)SSCCN.Cl. The van der Waals surface area contributed by atoms with Gasteiger partial charge in [0.15, 0.2) is 0 Å². The lowest BCUT2D eigenvalue weighted by Gasteiger charge is -2.15. The lowest BCUT2D eigenvalue weighted by atomic mass is 10.3. The van der Waals surface area contributed by atoms with Crippen molar-refractivity contribution in [3.05, 3.63) is 0 Å². The molecule has 0 saturated carbocycles. The molecule has 0 saturated heterocycles. The molecule has 0 fully saturated rings. The second kappa shape index (κ2) is 6.65. The van der Waals surface area contributed by atoms with Gasteiger partial charge in [0.2, 0.25) is 0 Å². The van der Waals surface area contributed by atoms with E-state index in [2.05, 4.69) is 20.8 Å². The van der Waals surface area contributed by atoms with Gasteiger partial charge in [0.1, 0.15) is 0 Å². The van der Waals surface area contributed by atoms with Crippen molar-refractivity contribution in [2.45, 2.75) is 25.5 Å². The molecule has 0 aromatic carbocycles. The smallest absolute Gasteiger partial charge is 0.0179 e. The van der Waals surface area contributed by atoms with Gasteiger partial charge in [-0.2, -0.15) is 0 Å². The van der Waals surface area contributed by atoms with Gasteiger partial charge in [-0.05, 0) is 0 Å². The van der Waals surface area contributed by atoms with Gasteiger partial charge < -0.3 is 5.73 Å². The zero-order valence-corrected chi connectivity index (χ0v) is 9.17. The highest BCUT2D eigenvalue weighted by molar-refractivity contribution is 8.77. The van der Waals surface area contributed by atoms with Gasteiger partial charge in [0.25, 0.3) is 0 Å². The highest BCUT2D eigenvalue weighted by Gasteiger charge is 2.09. The molecule has 0 spiro atoms. The molecule has 0 atom stereocenters. The summed E-state index contributed by atoms with van der Waals surface area (Å²) >= 11 is 0. The highest BCUT2D eigenvalue weighted by atomic mass is 35.5. The molecule has 0 rings (SSSR count). The van der Waals surface area contributed by atoms with Crippen LogP contribution in [0.1, 0.15) is 20.8 Å². The molecule has 4 heteroatoms. The first kappa shape index (κ1) is 13.5. The number of hydrogen-bond donors (Lipinski definition) is 1. The predicted octanol–water partition coefficient (Wildman–Crippen LogP) is 2.55. The van der Waals surface area contributed by atoms with E-state index in [1.54, 1.807) is 0 Å². The summed E-state index contributed by atoms with van der Waals surface area (Å²) in [5, 5.41) is 0. The van der Waals surface area contributed by atoms with E-state index in [4.69, 9.17) is 5.73 Å². The monoisotopic (exact) mass is 201 g/mol. The van der Waals surface area contributed by atoms with Gasteiger partial charge in [0.05, 0.1) is 0 Å². The van der Waals surface area contributed by atoms with E-state index in [1.165, 1.54) is 0 Å². The maximum atomic E-state index is 5.32. The molecule has 0 aliphatic rings. The van der Waals surface area contributed by atoms with Gasteiger partial charge in [-0.25, -0.2) is 0 Å². The van der Waals surface area contributed by atoms with Crippen molar-refractivity contribution >= 4 is 34.0 Å². The fourth-order valence-corrected chi connectivity index (χ4v) is 2.40. The van der Waals surface area contributed by atoms with Crippen molar-refractivity contribution in [1.82, 2.24) is 0 Å². The van der Waals surface area contributed by atoms with Crippen LogP contribution in [0.15, 0.2) is 0 Å². The van der Waals surface area contributed by atoms with Crippen molar-refractivity contribution in [3.8, 4) is 0 Å². The van der Waals surface area contributed by atoms with E-state index in [0.29, 0.717) is 4.75 Å². The number of rotatable bonds is 3. The van der Waals surface area contributed by atoms with Gasteiger partial charge in [-0.15, -0.1) is 12.4 Å². The minimum atomic E-state index is 0. The predicted molar refractivity (Wildman–Crippen MR) is 56.1 cm³/mol. The van der Waals surface area contributed by atoms with Gasteiger partial charge in [-0.1, -0.05) is 42.4 Å². The zero-order valence-electron chi connectivity index (χ0n) is 6.72. The summed E-state index contributed by atoms with van der Waals surface area (Å²) in [5.41, 5.74) is 5.32. The quantitative estimate of drug-likeness (QED) is 0.562. The van der Waals surface area contributed by atoms with Crippen LogP contribution in [0.4, 0.5) is 0 Å². The molecule has 1 nitrogen and oxygen atoms in total. The average molecular weight is 202 g/mol. The Bertz CT molecular complexity index is 72.6. The lowest BCUT2D eigenvalue weighted by Crippen LogP contribution is -2.06. The van der Waals surface area contributed by atoms with E-state index in [-0.39, 0.29) is 12.4 Å². The Morgan fingerprint density at radius 1 is 1.30 bits per heavy atom. The fourth-order valence-electron chi connectivity index (χ4n) is 0.267. The van der Waals surface area contributed by atoms with Crippen LogP contribution < -0.4 is 5.73 Å². The van der Waals surface area contributed by atoms with Crippen LogP contribution in [0, 0.1) is 0 Å². The molecule has 0 heterocycles. The summed E-state index contributed by atoms with van der Waals surface area (Å²) in [5.74, 6) is 1.06. The summed E-state index contributed by atoms with van der Waals surface area (Å²) in [6.07, 6.45) is 0. The van der Waals surface area contributed by atoms with E-state index in [1.807, 2.05) is 21.6 Å². The van der Waals surface area contributed by atoms with Crippen molar-refractivity contribution in [2.24, 2.45) is 5.73 Å². The van der Waals surface area contributed by atoms with Crippen LogP contribution >= 0.6 is 34.0 Å². The molecular weight excluding hydrogens is 186 g/mol. The highest BCUT2D eigenvalue weighted by Crippen LogP contribution is 2.34. The van der Waals surface area contributed by atoms with Gasteiger partial charge in [-0.3, -0.25) is 0 Å². The van der Waals surface area contributed by atoms with Gasteiger partial charge >= 0.3 is 0 Å². The summed E-state index contributed by atoms with van der Waals surface area (Å²) in [7, 11) is 3.75. The van der Waals surface area contributed by atoms with Crippen molar-refractivity contribution < 1.29 is 0 Å². The van der Waals surface area contributed by atoms with Crippen molar-refractivity contribution in [3.63, 3.8) is 0 Å². The Hall–Kier alpha value is 0.950. The zero-order chi connectivity index (χ0) is 7.33. The third kappa shape index (κ3) is 11.7. The molecule has 0 amide bonds. The summed E-state index contributed by atoms with van der Waals surface area (Å²) in [6.45, 7) is 7.41. The van der Waals surface area contributed by atoms with Crippen LogP contribution in [-0.2, 0) is 0 Å². The molecule has 64 valence electrons. The summed E-state index contributed by atoms with van der Waals surface area (Å²) in [6, 6.07) is 0. The maximum absolute atomic E-state index is 5.32. The number of halogens is 1. The third-order valence-electron chi connectivity index (χ3n) is 0.510. The fraction of sp³-hybridized carbons (Fsp3) is 1.00. The van der Waals surface area contributed by atoms with E-state index in [0.717, 1.165) is 12.3 Å². The number of nitrogens with two attached hydrogens (primary N) is 1. The Morgan fingerprint density at radius 2 is 1.80 bits per heavy atom. The standard InChI is InChI=1S/C6H15NS2.ClH/c1-6(2,3)9-8-5-4-7;/h4-5,7H2,1-3H3;1H. The van der Waals surface area contributed by atoms with Crippen molar-refractivity contribution in [2.75, 3.05) is 12.3 Å². The normalized spacial score (nSPS) is 10.8. The van der Waals surface area contributed by atoms with E-state index < -0.39 is 0 Å². The van der Waals surface area contributed by atoms with E-state index >= 15 is 0 Å². The Kier molecular flexibility index (Phi) is 9.00. The van der Waals surface area contributed by atoms with Crippen molar-refractivity contribution in [1.29, 1.82) is 0 Å².